The van der Waals surface area contributed by atoms with E-state index >= 15 is 0 Å². The molecule has 5 nitrogen and oxygen atoms in total. The average Bonchev–Trinajstić information content (AvgIpc) is 2.81. The highest BCUT2D eigenvalue weighted by Crippen LogP contribution is 2.16. The molecule has 0 amide bonds. The van der Waals surface area contributed by atoms with Crippen molar-refractivity contribution in [2.75, 3.05) is 0 Å². The van der Waals surface area contributed by atoms with Crippen LogP contribution in [0.4, 0.5) is 5.69 Å². The van der Waals surface area contributed by atoms with Crippen molar-refractivity contribution < 1.29 is 4.92 Å². The average molecular weight is 269 g/mol. The van der Waals surface area contributed by atoms with E-state index in [9.17, 15) is 10.1 Å². The van der Waals surface area contributed by atoms with Gasteiger partial charge in [0.1, 0.15) is 5.69 Å². The van der Waals surface area contributed by atoms with Gasteiger partial charge < -0.3 is 0 Å². The summed E-state index contributed by atoms with van der Waals surface area (Å²) < 4.78 is 0. The third kappa shape index (κ3) is 3.15. The maximum Gasteiger partial charge on any atom is 0.271 e. The minimum atomic E-state index is -0.543. The van der Waals surface area contributed by atoms with Gasteiger partial charge >= 0.3 is 0 Å². The summed E-state index contributed by atoms with van der Waals surface area (Å²) in [6, 6.07) is 5.95. The molecule has 2 aromatic rings. The normalized spacial score (nSPS) is 9.26. The summed E-state index contributed by atoms with van der Waals surface area (Å²) in [6.07, 6.45) is 0. The Morgan fingerprint density at radius 3 is 2.63 bits per heavy atom. The van der Waals surface area contributed by atoms with Crippen LogP contribution in [0.5, 0.6) is 0 Å². The third-order valence-electron chi connectivity index (χ3n) is 2.21. The number of nitro groups is 1. The molecule has 1 heterocycles. The maximum atomic E-state index is 10.7. The first kappa shape index (κ1) is 12.7. The molecule has 0 spiro atoms. The summed E-state index contributed by atoms with van der Waals surface area (Å²) in [7, 11) is 0. The highest BCUT2D eigenvalue weighted by Gasteiger charge is 2.08. The monoisotopic (exact) mass is 269 g/mol. The van der Waals surface area contributed by atoms with Gasteiger partial charge in [-0.25, -0.2) is 4.98 Å². The quantitative estimate of drug-likeness (QED) is 0.453. The highest BCUT2D eigenvalue weighted by molar-refractivity contribution is 7.09. The number of nitro benzene ring substituents is 1. The van der Waals surface area contributed by atoms with Gasteiger partial charge in [0.05, 0.1) is 21.6 Å². The predicted molar refractivity (Wildman–Crippen MR) is 70.6 cm³/mol. The van der Waals surface area contributed by atoms with Crippen molar-refractivity contribution in [2.45, 2.75) is 6.92 Å². The summed E-state index contributed by atoms with van der Waals surface area (Å²) in [4.78, 5) is 14.4. The van der Waals surface area contributed by atoms with Gasteiger partial charge in [0.25, 0.3) is 5.69 Å². The summed E-state index contributed by atoms with van der Waals surface area (Å²) in [6.45, 7) is 1.87. The molecule has 1 aromatic heterocycles. The van der Waals surface area contributed by atoms with Crippen molar-refractivity contribution in [3.8, 4) is 17.9 Å². The Hall–Kier alpha value is -2.70. The van der Waals surface area contributed by atoms with E-state index in [0.29, 0.717) is 11.3 Å². The molecule has 0 saturated heterocycles. The number of rotatable bonds is 1. The molecule has 1 aromatic carbocycles. The lowest BCUT2D eigenvalue weighted by Crippen LogP contribution is -1.90. The van der Waals surface area contributed by atoms with Crippen molar-refractivity contribution in [3.05, 3.63) is 55.5 Å². The minimum absolute atomic E-state index is 0.141. The number of non-ortho nitro benzene ring substituents is 1. The number of aryl methyl sites for hydroxylation is 1. The molecule has 2 rings (SSSR count). The number of nitrogens with zero attached hydrogens (tertiary/aromatic N) is 3. The van der Waals surface area contributed by atoms with Crippen LogP contribution in [0, 0.1) is 40.2 Å². The second-order valence-electron chi connectivity index (χ2n) is 3.64. The Morgan fingerprint density at radius 1 is 1.32 bits per heavy atom. The van der Waals surface area contributed by atoms with Crippen molar-refractivity contribution in [2.24, 2.45) is 0 Å². The van der Waals surface area contributed by atoms with Crippen LogP contribution in [0.15, 0.2) is 23.6 Å². The molecule has 6 heteroatoms. The maximum absolute atomic E-state index is 10.7. The zero-order chi connectivity index (χ0) is 13.8. The van der Waals surface area contributed by atoms with Crippen LogP contribution in [0.2, 0.25) is 0 Å². The summed E-state index contributed by atoms with van der Waals surface area (Å²) >= 11 is 1.48. The van der Waals surface area contributed by atoms with E-state index in [1.807, 2.05) is 18.4 Å². The number of thiazole rings is 1. The van der Waals surface area contributed by atoms with Gasteiger partial charge in [0.2, 0.25) is 0 Å². The molecular weight excluding hydrogens is 262 g/mol. The van der Waals surface area contributed by atoms with Gasteiger partial charge in [-0.2, -0.15) is 5.26 Å². The Balaban J connectivity index is 2.41. The Kier molecular flexibility index (Phi) is 3.56. The molecule has 0 unspecified atom stereocenters. The SMILES string of the molecule is Cc1nc(C#Cc2cc(C#N)cc([N+](=O)[O-])c2)cs1. The van der Waals surface area contributed by atoms with Crippen molar-refractivity contribution in [1.29, 1.82) is 5.26 Å². The fourth-order valence-corrected chi connectivity index (χ4v) is 1.96. The van der Waals surface area contributed by atoms with Gasteiger partial charge in [-0.15, -0.1) is 11.3 Å². The molecule has 0 bridgehead atoms. The summed E-state index contributed by atoms with van der Waals surface area (Å²) in [5.74, 6) is 5.60. The highest BCUT2D eigenvalue weighted by atomic mass is 32.1. The lowest BCUT2D eigenvalue weighted by atomic mass is 10.1. The van der Waals surface area contributed by atoms with Crippen LogP contribution in [0.25, 0.3) is 0 Å². The second kappa shape index (κ2) is 5.30. The second-order valence-corrected chi connectivity index (χ2v) is 4.70. The molecule has 0 aliphatic heterocycles. The number of benzene rings is 1. The molecular formula is C13H7N3O2S. The molecule has 0 saturated carbocycles. The Morgan fingerprint density at radius 2 is 2.05 bits per heavy atom. The first-order chi connectivity index (χ1) is 9.08. The standard InChI is InChI=1S/C13H7N3O2S/c1-9-15-12(8-19-9)3-2-10-4-11(7-14)6-13(5-10)16(17)18/h4-6,8H,1H3. The van der Waals surface area contributed by atoms with E-state index in [1.165, 1.54) is 29.5 Å². The van der Waals surface area contributed by atoms with Crippen LogP contribution in [-0.2, 0) is 0 Å². The molecule has 0 atom stereocenters. The van der Waals surface area contributed by atoms with E-state index in [2.05, 4.69) is 16.8 Å². The zero-order valence-electron chi connectivity index (χ0n) is 9.88. The fourth-order valence-electron chi connectivity index (χ4n) is 1.41. The number of hydrogen-bond acceptors (Lipinski definition) is 5. The smallest absolute Gasteiger partial charge is 0.258 e. The van der Waals surface area contributed by atoms with Crippen LogP contribution >= 0.6 is 11.3 Å². The van der Waals surface area contributed by atoms with Crippen LogP contribution in [0.1, 0.15) is 21.8 Å². The van der Waals surface area contributed by atoms with Crippen molar-refractivity contribution in [1.82, 2.24) is 4.98 Å². The van der Waals surface area contributed by atoms with Crippen molar-refractivity contribution in [3.63, 3.8) is 0 Å². The lowest BCUT2D eigenvalue weighted by Gasteiger charge is -1.94. The topological polar surface area (TPSA) is 79.8 Å². The van der Waals surface area contributed by atoms with E-state index in [0.717, 1.165) is 5.01 Å². The molecule has 0 N–H and O–H groups in total. The number of hydrogen-bond donors (Lipinski definition) is 0. The van der Waals surface area contributed by atoms with Gasteiger partial charge in [-0.05, 0) is 18.9 Å². The summed E-state index contributed by atoms with van der Waals surface area (Å²) in [5.41, 5.74) is 1.12. The first-order valence-electron chi connectivity index (χ1n) is 5.22. The Labute approximate surface area is 113 Å². The number of aromatic nitrogens is 1. The third-order valence-corrected chi connectivity index (χ3v) is 2.99. The molecule has 0 radical (unpaired) electrons. The molecule has 0 aliphatic carbocycles. The molecule has 19 heavy (non-hydrogen) atoms. The minimum Gasteiger partial charge on any atom is -0.258 e. The van der Waals surface area contributed by atoms with Gasteiger partial charge in [-0.1, -0.05) is 5.92 Å². The van der Waals surface area contributed by atoms with Crippen LogP contribution in [-0.4, -0.2) is 9.91 Å². The van der Waals surface area contributed by atoms with Gasteiger partial charge in [-0.3, -0.25) is 10.1 Å². The molecule has 0 fully saturated rings. The van der Waals surface area contributed by atoms with Crippen LogP contribution in [0.3, 0.4) is 0 Å². The van der Waals surface area contributed by atoms with Gasteiger partial charge in [0.15, 0.2) is 0 Å². The molecule has 92 valence electrons. The number of nitriles is 1. The Bertz CT molecular complexity index is 747. The van der Waals surface area contributed by atoms with E-state index < -0.39 is 4.92 Å². The summed E-state index contributed by atoms with van der Waals surface area (Å²) in [5, 5.41) is 22.3. The van der Waals surface area contributed by atoms with Crippen LogP contribution < -0.4 is 0 Å². The van der Waals surface area contributed by atoms with E-state index in [-0.39, 0.29) is 11.3 Å². The van der Waals surface area contributed by atoms with Gasteiger partial charge in [0, 0.05) is 23.1 Å². The fraction of sp³-hybridized carbons (Fsp3) is 0.0769. The first-order valence-corrected chi connectivity index (χ1v) is 6.10. The zero-order valence-corrected chi connectivity index (χ0v) is 10.7. The van der Waals surface area contributed by atoms with Crippen molar-refractivity contribution >= 4 is 17.0 Å². The predicted octanol–water partition coefficient (Wildman–Crippen LogP) is 2.63. The lowest BCUT2D eigenvalue weighted by molar-refractivity contribution is -0.384. The largest absolute Gasteiger partial charge is 0.271 e. The van der Waals surface area contributed by atoms with E-state index in [1.54, 1.807) is 0 Å². The molecule has 0 aliphatic rings. The van der Waals surface area contributed by atoms with E-state index in [4.69, 9.17) is 5.26 Å².